The molecule has 2 atom stereocenters. The Kier molecular flexibility index (Phi) is 4.86. The van der Waals surface area contributed by atoms with Gasteiger partial charge in [0.05, 0.1) is 0 Å². The average Bonchev–Trinajstić information content (AvgIpc) is 2.83. The van der Waals surface area contributed by atoms with Crippen LogP contribution in [0.2, 0.25) is 0 Å². The molecule has 0 radical (unpaired) electrons. The average molecular weight is 222 g/mol. The highest BCUT2D eigenvalue weighted by atomic mass is 14.9. The smallest absolute Gasteiger partial charge is 0.0107 e. The molecule has 0 aromatic rings. The van der Waals surface area contributed by atoms with Crippen LogP contribution >= 0.6 is 0 Å². The van der Waals surface area contributed by atoms with Gasteiger partial charge in [-0.15, -0.1) is 0 Å². The molecular formula is C14H26N2. The fraction of sp³-hybridized carbons (Fsp3) is 0.857. The minimum absolute atomic E-state index is 0.695. The maximum Gasteiger partial charge on any atom is 0.0107 e. The first-order valence-electron chi connectivity index (χ1n) is 7.01. The van der Waals surface area contributed by atoms with Crippen LogP contribution in [0, 0.1) is 5.92 Å². The van der Waals surface area contributed by atoms with Gasteiger partial charge in [-0.1, -0.05) is 24.5 Å². The van der Waals surface area contributed by atoms with Crippen LogP contribution < -0.4 is 11.1 Å². The molecule has 2 heteroatoms. The van der Waals surface area contributed by atoms with Crippen LogP contribution in [-0.2, 0) is 0 Å². The summed E-state index contributed by atoms with van der Waals surface area (Å²) in [6, 6.07) is 0.695. The van der Waals surface area contributed by atoms with Crippen LogP contribution in [0.1, 0.15) is 51.4 Å². The summed E-state index contributed by atoms with van der Waals surface area (Å²) in [6.07, 6.45) is 13.2. The van der Waals surface area contributed by atoms with E-state index in [1.807, 2.05) is 0 Å². The van der Waals surface area contributed by atoms with Crippen molar-refractivity contribution in [3.05, 3.63) is 11.6 Å². The molecule has 0 spiro atoms. The van der Waals surface area contributed by atoms with Gasteiger partial charge >= 0.3 is 0 Å². The van der Waals surface area contributed by atoms with E-state index in [1.165, 1.54) is 51.4 Å². The maximum absolute atomic E-state index is 5.84. The lowest BCUT2D eigenvalue weighted by Gasteiger charge is -2.31. The zero-order valence-corrected chi connectivity index (χ0v) is 10.4. The molecule has 0 aromatic carbocycles. The van der Waals surface area contributed by atoms with Gasteiger partial charge in [0.15, 0.2) is 0 Å². The standard InChI is InChI=1S/C14H26N2/c15-11-13-7-3-4-8-14(13)16-10-9-12-5-1-2-6-12/h5,13-14,16H,1-4,6-11,15H2. The fourth-order valence-electron chi connectivity index (χ4n) is 3.14. The number of hydrogen-bond donors (Lipinski definition) is 2. The summed E-state index contributed by atoms with van der Waals surface area (Å²) in [7, 11) is 0. The van der Waals surface area contributed by atoms with Crippen LogP contribution in [0.5, 0.6) is 0 Å². The molecule has 0 bridgehead atoms. The van der Waals surface area contributed by atoms with Gasteiger partial charge in [-0.05, 0) is 57.5 Å². The first kappa shape index (κ1) is 12.1. The van der Waals surface area contributed by atoms with Gasteiger partial charge in [0.1, 0.15) is 0 Å². The lowest BCUT2D eigenvalue weighted by atomic mass is 9.84. The molecule has 0 amide bonds. The first-order chi connectivity index (χ1) is 7.90. The molecule has 0 saturated heterocycles. The third kappa shape index (κ3) is 3.33. The van der Waals surface area contributed by atoms with E-state index >= 15 is 0 Å². The molecule has 2 rings (SSSR count). The van der Waals surface area contributed by atoms with Crippen molar-refractivity contribution < 1.29 is 0 Å². The topological polar surface area (TPSA) is 38.0 Å². The highest BCUT2D eigenvalue weighted by Gasteiger charge is 2.23. The zero-order chi connectivity index (χ0) is 11.2. The predicted octanol–water partition coefficient (Wildman–Crippen LogP) is 2.59. The molecule has 92 valence electrons. The monoisotopic (exact) mass is 222 g/mol. The molecule has 0 aromatic heterocycles. The second kappa shape index (κ2) is 6.41. The van der Waals surface area contributed by atoms with Crippen molar-refractivity contribution in [2.45, 2.75) is 57.4 Å². The summed E-state index contributed by atoms with van der Waals surface area (Å²) in [4.78, 5) is 0. The van der Waals surface area contributed by atoms with Crippen LogP contribution in [0.3, 0.4) is 0 Å². The normalized spacial score (nSPS) is 30.4. The Labute approximate surface area is 99.7 Å². The van der Waals surface area contributed by atoms with Crippen molar-refractivity contribution in [3.8, 4) is 0 Å². The van der Waals surface area contributed by atoms with Gasteiger partial charge in [-0.25, -0.2) is 0 Å². The van der Waals surface area contributed by atoms with Crippen LogP contribution in [-0.4, -0.2) is 19.1 Å². The Bertz CT molecular complexity index is 235. The van der Waals surface area contributed by atoms with Crippen LogP contribution in [0.25, 0.3) is 0 Å². The molecule has 2 unspecified atom stereocenters. The molecular weight excluding hydrogens is 196 g/mol. The number of nitrogens with one attached hydrogen (secondary N) is 1. The van der Waals surface area contributed by atoms with E-state index in [1.54, 1.807) is 5.57 Å². The van der Waals surface area contributed by atoms with Gasteiger partial charge in [0.2, 0.25) is 0 Å². The van der Waals surface area contributed by atoms with Gasteiger partial charge in [-0.3, -0.25) is 0 Å². The Morgan fingerprint density at radius 2 is 2.12 bits per heavy atom. The molecule has 2 nitrogen and oxygen atoms in total. The third-order valence-corrected chi connectivity index (χ3v) is 4.20. The quantitative estimate of drug-likeness (QED) is 0.702. The Balaban J connectivity index is 1.67. The molecule has 0 heterocycles. The van der Waals surface area contributed by atoms with Crippen molar-refractivity contribution >= 4 is 0 Å². The molecule has 1 saturated carbocycles. The van der Waals surface area contributed by atoms with Gasteiger partial charge in [0.25, 0.3) is 0 Å². The highest BCUT2D eigenvalue weighted by molar-refractivity contribution is 5.07. The summed E-state index contributed by atoms with van der Waals surface area (Å²) < 4.78 is 0. The minimum atomic E-state index is 0.695. The van der Waals surface area contributed by atoms with Gasteiger partial charge in [-0.2, -0.15) is 0 Å². The summed E-state index contributed by atoms with van der Waals surface area (Å²) in [6.45, 7) is 2.02. The predicted molar refractivity (Wildman–Crippen MR) is 69.4 cm³/mol. The van der Waals surface area contributed by atoms with Crippen molar-refractivity contribution in [1.29, 1.82) is 0 Å². The molecule has 2 aliphatic rings. The Hall–Kier alpha value is -0.340. The zero-order valence-electron chi connectivity index (χ0n) is 10.4. The van der Waals surface area contributed by atoms with Gasteiger partial charge in [0, 0.05) is 6.04 Å². The second-order valence-corrected chi connectivity index (χ2v) is 5.35. The fourth-order valence-corrected chi connectivity index (χ4v) is 3.14. The number of rotatable bonds is 5. The van der Waals surface area contributed by atoms with Crippen molar-refractivity contribution in [1.82, 2.24) is 5.32 Å². The molecule has 2 aliphatic carbocycles. The van der Waals surface area contributed by atoms with Crippen molar-refractivity contribution in [3.63, 3.8) is 0 Å². The second-order valence-electron chi connectivity index (χ2n) is 5.35. The summed E-state index contributed by atoms with van der Waals surface area (Å²) in [5.74, 6) is 0.728. The largest absolute Gasteiger partial charge is 0.330 e. The van der Waals surface area contributed by atoms with E-state index in [0.717, 1.165) is 19.0 Å². The lowest BCUT2D eigenvalue weighted by Crippen LogP contribution is -2.42. The van der Waals surface area contributed by atoms with E-state index in [4.69, 9.17) is 5.73 Å². The first-order valence-corrected chi connectivity index (χ1v) is 7.01. The number of allylic oxidation sites excluding steroid dienone is 1. The van der Waals surface area contributed by atoms with Crippen LogP contribution in [0.4, 0.5) is 0 Å². The van der Waals surface area contributed by atoms with Crippen molar-refractivity contribution in [2.75, 3.05) is 13.1 Å². The van der Waals surface area contributed by atoms with E-state index < -0.39 is 0 Å². The van der Waals surface area contributed by atoms with Crippen LogP contribution in [0.15, 0.2) is 11.6 Å². The SMILES string of the molecule is NCC1CCCCC1NCCC1=CCCC1. The van der Waals surface area contributed by atoms with E-state index in [9.17, 15) is 0 Å². The number of hydrogen-bond acceptors (Lipinski definition) is 2. The number of nitrogens with two attached hydrogens (primary N) is 1. The third-order valence-electron chi connectivity index (χ3n) is 4.20. The maximum atomic E-state index is 5.84. The Morgan fingerprint density at radius 3 is 2.88 bits per heavy atom. The molecule has 16 heavy (non-hydrogen) atoms. The van der Waals surface area contributed by atoms with Gasteiger partial charge < -0.3 is 11.1 Å². The van der Waals surface area contributed by atoms with E-state index in [-0.39, 0.29) is 0 Å². The summed E-state index contributed by atoms with van der Waals surface area (Å²) in [5.41, 5.74) is 7.51. The summed E-state index contributed by atoms with van der Waals surface area (Å²) >= 11 is 0. The lowest BCUT2D eigenvalue weighted by molar-refractivity contribution is 0.269. The van der Waals surface area contributed by atoms with E-state index in [0.29, 0.717) is 6.04 Å². The highest BCUT2D eigenvalue weighted by Crippen LogP contribution is 2.24. The molecule has 0 aliphatic heterocycles. The van der Waals surface area contributed by atoms with Crippen molar-refractivity contribution in [2.24, 2.45) is 11.7 Å². The minimum Gasteiger partial charge on any atom is -0.330 e. The Morgan fingerprint density at radius 1 is 1.25 bits per heavy atom. The molecule has 3 N–H and O–H groups in total. The van der Waals surface area contributed by atoms with E-state index in [2.05, 4.69) is 11.4 Å². The summed E-state index contributed by atoms with van der Waals surface area (Å²) in [5, 5.41) is 3.73. The molecule has 1 fully saturated rings.